The molecule has 1 amide bonds. The van der Waals surface area contributed by atoms with Crippen molar-refractivity contribution in [3.63, 3.8) is 0 Å². The van der Waals surface area contributed by atoms with Crippen LogP contribution in [0.1, 0.15) is 71.6 Å². The van der Waals surface area contributed by atoms with Gasteiger partial charge in [-0.15, -0.1) is 0 Å². The van der Waals surface area contributed by atoms with Gasteiger partial charge in [-0.25, -0.2) is 0 Å². The normalized spacial score (nSPS) is 50.4. The van der Waals surface area contributed by atoms with E-state index in [9.17, 15) is 4.79 Å². The highest BCUT2D eigenvalue weighted by molar-refractivity contribution is 5.79. The minimum Gasteiger partial charge on any atom is -0.374 e. The highest BCUT2D eigenvalue weighted by Gasteiger charge is 2.59. The van der Waals surface area contributed by atoms with Crippen molar-refractivity contribution in [2.75, 3.05) is 0 Å². The SMILES string of the molecule is CC12CCC(=O)NC1=CCC1C2CCC2(C)C(OC3CC3)CCC12. The average Bonchev–Trinajstić information content (AvgIpc) is 3.31. The monoisotopic (exact) mass is 329 g/mol. The van der Waals surface area contributed by atoms with Gasteiger partial charge in [0.25, 0.3) is 0 Å². The van der Waals surface area contributed by atoms with Crippen LogP contribution < -0.4 is 5.32 Å². The van der Waals surface area contributed by atoms with Crippen LogP contribution in [-0.4, -0.2) is 18.1 Å². The number of piperidine rings is 1. The Hall–Kier alpha value is -0.830. The molecular formula is C21H31NO2. The molecule has 132 valence electrons. The molecule has 5 aliphatic rings. The summed E-state index contributed by atoms with van der Waals surface area (Å²) in [6.45, 7) is 4.95. The lowest BCUT2D eigenvalue weighted by Gasteiger charge is -2.57. The standard InChI is InChI=1S/C21H31NO2/c1-20-12-10-19(23)22-17(20)7-5-14-15-6-8-18(24-13-3-4-13)21(15,2)11-9-16(14)20/h7,13-16,18H,3-6,8-12H2,1-2H3,(H,22,23). The molecule has 1 aliphatic heterocycles. The van der Waals surface area contributed by atoms with Gasteiger partial charge in [0.1, 0.15) is 0 Å². The third-order valence-electron chi connectivity index (χ3n) is 8.40. The molecule has 3 nitrogen and oxygen atoms in total. The van der Waals surface area contributed by atoms with Crippen LogP contribution in [0.25, 0.3) is 0 Å². The van der Waals surface area contributed by atoms with Gasteiger partial charge < -0.3 is 10.1 Å². The van der Waals surface area contributed by atoms with Crippen LogP contribution in [0, 0.1) is 28.6 Å². The topological polar surface area (TPSA) is 38.3 Å². The van der Waals surface area contributed by atoms with Crippen LogP contribution in [0.3, 0.4) is 0 Å². The van der Waals surface area contributed by atoms with Crippen LogP contribution in [0.4, 0.5) is 0 Å². The van der Waals surface area contributed by atoms with Crippen LogP contribution in [-0.2, 0) is 9.53 Å². The van der Waals surface area contributed by atoms with Crippen molar-refractivity contribution in [2.45, 2.75) is 83.8 Å². The number of rotatable bonds is 2. The Morgan fingerprint density at radius 2 is 1.92 bits per heavy atom. The summed E-state index contributed by atoms with van der Waals surface area (Å²) >= 11 is 0. The summed E-state index contributed by atoms with van der Waals surface area (Å²) in [5.41, 5.74) is 1.84. The number of hydrogen-bond donors (Lipinski definition) is 1. The van der Waals surface area contributed by atoms with Gasteiger partial charge >= 0.3 is 0 Å². The van der Waals surface area contributed by atoms with Crippen LogP contribution >= 0.6 is 0 Å². The molecule has 4 aliphatic carbocycles. The van der Waals surface area contributed by atoms with Gasteiger partial charge in [-0.3, -0.25) is 4.79 Å². The fourth-order valence-corrected chi connectivity index (χ4v) is 6.81. The van der Waals surface area contributed by atoms with Crippen LogP contribution in [0.15, 0.2) is 11.8 Å². The van der Waals surface area contributed by atoms with E-state index < -0.39 is 0 Å². The molecule has 6 atom stereocenters. The number of carbonyl (C=O) groups is 1. The predicted octanol–water partition coefficient (Wildman–Crippen LogP) is 4.18. The van der Waals surface area contributed by atoms with E-state index >= 15 is 0 Å². The Balaban J connectivity index is 1.43. The molecule has 0 aromatic rings. The summed E-state index contributed by atoms with van der Waals surface area (Å²) in [6.07, 6.45) is 14.2. The molecule has 0 aromatic carbocycles. The van der Waals surface area contributed by atoms with E-state index in [2.05, 4.69) is 25.2 Å². The van der Waals surface area contributed by atoms with Crippen LogP contribution in [0.2, 0.25) is 0 Å². The van der Waals surface area contributed by atoms with E-state index in [1.807, 2.05) is 0 Å². The molecule has 0 bridgehead atoms. The maximum Gasteiger partial charge on any atom is 0.224 e. The molecule has 1 N–H and O–H groups in total. The molecule has 0 radical (unpaired) electrons. The lowest BCUT2D eigenvalue weighted by atomic mass is 9.50. The maximum atomic E-state index is 11.8. The smallest absolute Gasteiger partial charge is 0.224 e. The first-order valence-corrected chi connectivity index (χ1v) is 10.2. The fourth-order valence-electron chi connectivity index (χ4n) is 6.81. The highest BCUT2D eigenvalue weighted by atomic mass is 16.5. The third-order valence-corrected chi connectivity index (χ3v) is 8.40. The highest BCUT2D eigenvalue weighted by Crippen LogP contribution is 2.64. The summed E-state index contributed by atoms with van der Waals surface area (Å²) in [4.78, 5) is 11.8. The molecule has 1 saturated heterocycles. The van der Waals surface area contributed by atoms with Gasteiger partial charge in [-0.1, -0.05) is 19.9 Å². The number of amides is 1. The number of allylic oxidation sites excluding steroid dienone is 2. The lowest BCUT2D eigenvalue weighted by Crippen LogP contribution is -2.54. The minimum atomic E-state index is 0.202. The zero-order chi connectivity index (χ0) is 16.5. The quantitative estimate of drug-likeness (QED) is 0.825. The molecule has 4 fully saturated rings. The zero-order valence-corrected chi connectivity index (χ0v) is 15.1. The second-order valence-corrected chi connectivity index (χ2v) is 9.64. The Bertz CT molecular complexity index is 595. The summed E-state index contributed by atoms with van der Waals surface area (Å²) in [5.74, 6) is 2.57. The molecule has 1 heterocycles. The first-order chi connectivity index (χ1) is 11.5. The average molecular weight is 329 g/mol. The summed E-state index contributed by atoms with van der Waals surface area (Å²) in [5, 5.41) is 3.20. The number of hydrogen-bond acceptors (Lipinski definition) is 2. The molecular weight excluding hydrogens is 298 g/mol. The third kappa shape index (κ3) is 2.09. The Labute approximate surface area is 145 Å². The lowest BCUT2D eigenvalue weighted by molar-refractivity contribution is -0.126. The van der Waals surface area contributed by atoms with Crippen molar-refractivity contribution in [3.8, 4) is 0 Å². The van der Waals surface area contributed by atoms with Crippen molar-refractivity contribution in [1.82, 2.24) is 5.32 Å². The van der Waals surface area contributed by atoms with Gasteiger partial charge in [0.15, 0.2) is 0 Å². The van der Waals surface area contributed by atoms with E-state index in [1.165, 1.54) is 44.2 Å². The van der Waals surface area contributed by atoms with Gasteiger partial charge in [0.05, 0.1) is 12.2 Å². The second-order valence-electron chi connectivity index (χ2n) is 9.64. The van der Waals surface area contributed by atoms with Gasteiger partial charge in [-0.2, -0.15) is 0 Å². The van der Waals surface area contributed by atoms with E-state index in [0.717, 1.165) is 30.6 Å². The Kier molecular flexibility index (Phi) is 3.27. The number of ether oxygens (including phenoxy) is 1. The summed E-state index contributed by atoms with van der Waals surface area (Å²) in [7, 11) is 0. The Morgan fingerprint density at radius 3 is 2.71 bits per heavy atom. The molecule has 6 unspecified atom stereocenters. The molecule has 5 rings (SSSR count). The number of carbonyl (C=O) groups excluding carboxylic acids is 1. The first-order valence-electron chi connectivity index (χ1n) is 10.2. The Morgan fingerprint density at radius 1 is 1.08 bits per heavy atom. The minimum absolute atomic E-state index is 0.202. The largest absolute Gasteiger partial charge is 0.374 e. The molecule has 0 spiro atoms. The van der Waals surface area contributed by atoms with Crippen molar-refractivity contribution < 1.29 is 9.53 Å². The van der Waals surface area contributed by atoms with Gasteiger partial charge in [0, 0.05) is 17.5 Å². The zero-order valence-electron chi connectivity index (χ0n) is 15.1. The molecule has 3 saturated carbocycles. The fraction of sp³-hybridized carbons (Fsp3) is 0.857. The van der Waals surface area contributed by atoms with E-state index in [1.54, 1.807) is 0 Å². The van der Waals surface area contributed by atoms with Crippen molar-refractivity contribution in [1.29, 1.82) is 0 Å². The maximum absolute atomic E-state index is 11.8. The van der Waals surface area contributed by atoms with E-state index in [0.29, 0.717) is 24.0 Å². The van der Waals surface area contributed by atoms with E-state index in [-0.39, 0.29) is 11.3 Å². The molecule has 3 heteroatoms. The van der Waals surface area contributed by atoms with Gasteiger partial charge in [0.2, 0.25) is 5.91 Å². The number of nitrogens with one attached hydrogen (secondary N) is 1. The van der Waals surface area contributed by atoms with Crippen molar-refractivity contribution in [2.24, 2.45) is 28.6 Å². The first kappa shape index (κ1) is 15.4. The van der Waals surface area contributed by atoms with Crippen molar-refractivity contribution >= 4 is 5.91 Å². The number of fused-ring (bicyclic) bond motifs is 5. The van der Waals surface area contributed by atoms with Gasteiger partial charge in [-0.05, 0) is 74.5 Å². The van der Waals surface area contributed by atoms with Crippen molar-refractivity contribution in [3.05, 3.63) is 11.8 Å². The predicted molar refractivity (Wildman–Crippen MR) is 93.1 cm³/mol. The summed E-state index contributed by atoms with van der Waals surface area (Å²) < 4.78 is 6.45. The van der Waals surface area contributed by atoms with Crippen LogP contribution in [0.5, 0.6) is 0 Å². The molecule has 0 aromatic heterocycles. The summed E-state index contributed by atoms with van der Waals surface area (Å²) in [6, 6.07) is 0. The second kappa shape index (κ2) is 5.09. The molecule has 24 heavy (non-hydrogen) atoms. The van der Waals surface area contributed by atoms with E-state index in [4.69, 9.17) is 4.74 Å².